The Bertz CT molecular complexity index is 895. The van der Waals surface area contributed by atoms with Crippen LogP contribution in [0.2, 0.25) is 0 Å². The van der Waals surface area contributed by atoms with Gasteiger partial charge in [-0.1, -0.05) is 62.6 Å². The number of amides is 1. The molecule has 2 aromatic carbocycles. The number of carbonyl (C=O) groups excluding carboxylic acids is 1. The van der Waals surface area contributed by atoms with E-state index in [1.54, 1.807) is 16.3 Å². The van der Waals surface area contributed by atoms with Gasteiger partial charge in [0.25, 0.3) is 5.91 Å². The third-order valence-corrected chi connectivity index (χ3v) is 6.23. The highest BCUT2D eigenvalue weighted by Gasteiger charge is 2.18. The minimum absolute atomic E-state index is 0.0898. The molecule has 3 aromatic rings. The molecule has 1 heterocycles. The van der Waals surface area contributed by atoms with Gasteiger partial charge in [-0.05, 0) is 60.5 Å². The van der Waals surface area contributed by atoms with E-state index < -0.39 is 6.10 Å². The van der Waals surface area contributed by atoms with Crippen molar-refractivity contribution in [3.05, 3.63) is 88.1 Å². The highest BCUT2D eigenvalue weighted by Crippen LogP contribution is 2.23. The van der Waals surface area contributed by atoms with E-state index in [0.29, 0.717) is 12.1 Å². The molecule has 0 radical (unpaired) electrons. The fourth-order valence-electron chi connectivity index (χ4n) is 3.50. The summed E-state index contributed by atoms with van der Waals surface area (Å²) in [5, 5.41) is 14.1. The van der Waals surface area contributed by atoms with Crippen LogP contribution in [0.1, 0.15) is 65.9 Å². The van der Waals surface area contributed by atoms with E-state index in [1.165, 1.54) is 4.88 Å². The summed E-state index contributed by atoms with van der Waals surface area (Å²) in [4.78, 5) is 14.5. The Kier molecular flexibility index (Phi) is 9.28. The minimum Gasteiger partial charge on any atom is -0.388 e. The zero-order chi connectivity index (χ0) is 21.9. The molecule has 1 aromatic heterocycles. The number of nitrogens with one attached hydrogen (secondary N) is 1. The van der Waals surface area contributed by atoms with E-state index >= 15 is 0 Å². The highest BCUT2D eigenvalue weighted by molar-refractivity contribution is 7.09. The van der Waals surface area contributed by atoms with Gasteiger partial charge in [-0.15, -0.1) is 11.3 Å². The molecule has 164 valence electrons. The molecule has 1 unspecified atom stereocenters. The first-order valence-corrected chi connectivity index (χ1v) is 12.0. The lowest BCUT2D eigenvalue weighted by atomic mass is 10.0. The number of aliphatic hydroxyl groups excluding tert-OH is 1. The number of anilines is 1. The van der Waals surface area contributed by atoms with Gasteiger partial charge in [-0.3, -0.25) is 4.79 Å². The van der Waals surface area contributed by atoms with Gasteiger partial charge >= 0.3 is 0 Å². The van der Waals surface area contributed by atoms with Crippen molar-refractivity contribution in [2.24, 2.45) is 0 Å². The lowest BCUT2D eigenvalue weighted by molar-refractivity contribution is 0.0974. The Labute approximate surface area is 189 Å². The van der Waals surface area contributed by atoms with Crippen LogP contribution in [0.4, 0.5) is 5.69 Å². The summed E-state index contributed by atoms with van der Waals surface area (Å²) in [5.74, 6) is -0.0898. The van der Waals surface area contributed by atoms with Gasteiger partial charge in [0.15, 0.2) is 0 Å². The fourth-order valence-corrected chi connectivity index (χ4v) is 4.25. The monoisotopic (exact) mass is 436 g/mol. The summed E-state index contributed by atoms with van der Waals surface area (Å²) in [7, 11) is 0. The highest BCUT2D eigenvalue weighted by atomic mass is 32.1. The first-order chi connectivity index (χ1) is 15.2. The second kappa shape index (κ2) is 12.4. The number of unbranched alkanes of at least 4 members (excludes halogenated alkanes) is 2. The van der Waals surface area contributed by atoms with Crippen molar-refractivity contribution in [2.75, 3.05) is 11.6 Å². The van der Waals surface area contributed by atoms with E-state index in [2.05, 4.69) is 29.9 Å². The van der Waals surface area contributed by atoms with Crippen molar-refractivity contribution >= 4 is 22.9 Å². The summed E-state index contributed by atoms with van der Waals surface area (Å²) in [6.07, 6.45) is 5.51. The van der Waals surface area contributed by atoms with Gasteiger partial charge in [0.2, 0.25) is 0 Å². The number of hydrogen-bond acceptors (Lipinski definition) is 4. The average molecular weight is 437 g/mol. The maximum atomic E-state index is 13.2. The molecule has 2 N–H and O–H groups in total. The van der Waals surface area contributed by atoms with Crippen LogP contribution in [-0.4, -0.2) is 17.6 Å². The van der Waals surface area contributed by atoms with Gasteiger partial charge in [-0.25, -0.2) is 10.4 Å². The molecular weight excluding hydrogens is 404 g/mol. The van der Waals surface area contributed by atoms with Crippen LogP contribution in [0.25, 0.3) is 0 Å². The van der Waals surface area contributed by atoms with Crippen LogP contribution >= 0.6 is 11.3 Å². The van der Waals surface area contributed by atoms with Crippen LogP contribution in [0.3, 0.4) is 0 Å². The molecule has 31 heavy (non-hydrogen) atoms. The molecule has 0 aliphatic heterocycles. The van der Waals surface area contributed by atoms with E-state index in [4.69, 9.17) is 0 Å². The first-order valence-electron chi connectivity index (χ1n) is 11.1. The number of hydrazine groups is 1. The normalized spacial score (nSPS) is 11.9. The van der Waals surface area contributed by atoms with Gasteiger partial charge in [0.1, 0.15) is 0 Å². The second-order valence-electron chi connectivity index (χ2n) is 7.70. The van der Waals surface area contributed by atoms with E-state index in [1.807, 2.05) is 54.6 Å². The maximum Gasteiger partial charge on any atom is 0.272 e. The Morgan fingerprint density at radius 1 is 1.00 bits per heavy atom. The van der Waals surface area contributed by atoms with Crippen molar-refractivity contribution in [3.63, 3.8) is 0 Å². The number of benzene rings is 2. The third kappa shape index (κ3) is 7.03. The Morgan fingerprint density at radius 3 is 2.45 bits per heavy atom. The smallest absolute Gasteiger partial charge is 0.272 e. The number of aryl methyl sites for hydroxylation is 1. The number of thiophene rings is 1. The predicted octanol–water partition coefficient (Wildman–Crippen LogP) is 6.15. The van der Waals surface area contributed by atoms with Crippen molar-refractivity contribution in [2.45, 2.75) is 51.6 Å². The zero-order valence-corrected chi connectivity index (χ0v) is 19.0. The van der Waals surface area contributed by atoms with Gasteiger partial charge in [0.05, 0.1) is 11.8 Å². The molecule has 1 amide bonds. The Balaban J connectivity index is 1.68. The predicted molar refractivity (Wildman–Crippen MR) is 129 cm³/mol. The zero-order valence-electron chi connectivity index (χ0n) is 18.2. The van der Waals surface area contributed by atoms with Gasteiger partial charge in [0, 0.05) is 17.0 Å². The quantitative estimate of drug-likeness (QED) is 0.265. The first kappa shape index (κ1) is 23.2. The number of hydrogen-bond donors (Lipinski definition) is 2. The average Bonchev–Trinajstić information content (AvgIpc) is 3.33. The largest absolute Gasteiger partial charge is 0.388 e. The molecule has 0 aliphatic carbocycles. The lowest BCUT2D eigenvalue weighted by Gasteiger charge is -2.24. The van der Waals surface area contributed by atoms with Crippen molar-refractivity contribution in [1.82, 2.24) is 5.43 Å². The lowest BCUT2D eigenvalue weighted by Crippen LogP contribution is -2.43. The molecule has 0 aliphatic rings. The third-order valence-electron chi connectivity index (χ3n) is 5.29. The molecule has 3 rings (SSSR count). The maximum absolute atomic E-state index is 13.2. The number of rotatable bonds is 12. The van der Waals surface area contributed by atoms with Gasteiger partial charge < -0.3 is 5.11 Å². The molecule has 0 bridgehead atoms. The van der Waals surface area contributed by atoms with Gasteiger partial charge in [-0.2, -0.15) is 0 Å². The standard InChI is InChI=1S/C26H32N2O2S/c1-2-3-5-14-25(29)21-15-17-23(18-16-21)28(26(30)22-10-6-4-7-11-22)27-19-8-12-24-13-9-20-31-24/h4,6-7,9-11,13,15-18,20,25,27,29H,2-3,5,8,12,14,19H2,1H3. The van der Waals surface area contributed by atoms with Crippen molar-refractivity contribution < 1.29 is 9.90 Å². The number of aliphatic hydroxyl groups is 1. The minimum atomic E-state index is -0.461. The molecule has 0 spiro atoms. The Hall–Kier alpha value is -2.47. The summed E-state index contributed by atoms with van der Waals surface area (Å²) in [6.45, 7) is 2.85. The molecule has 1 atom stereocenters. The fraction of sp³-hybridized carbons (Fsp3) is 0.346. The summed E-state index contributed by atoms with van der Waals surface area (Å²) >= 11 is 1.76. The summed E-state index contributed by atoms with van der Waals surface area (Å²) < 4.78 is 0. The SMILES string of the molecule is CCCCCC(O)c1ccc(N(NCCCc2cccs2)C(=O)c2ccccc2)cc1. The van der Waals surface area contributed by atoms with E-state index in [-0.39, 0.29) is 5.91 Å². The number of carbonyl (C=O) groups is 1. The van der Waals surface area contributed by atoms with Crippen molar-refractivity contribution in [3.8, 4) is 0 Å². The summed E-state index contributed by atoms with van der Waals surface area (Å²) in [5.41, 5.74) is 5.62. The topological polar surface area (TPSA) is 52.6 Å². The molecule has 4 nitrogen and oxygen atoms in total. The molecule has 0 fully saturated rings. The van der Waals surface area contributed by atoms with Crippen LogP contribution in [0.5, 0.6) is 0 Å². The van der Waals surface area contributed by atoms with E-state index in [0.717, 1.165) is 49.8 Å². The van der Waals surface area contributed by atoms with Crippen LogP contribution < -0.4 is 10.4 Å². The second-order valence-corrected chi connectivity index (χ2v) is 8.73. The number of nitrogens with zero attached hydrogens (tertiary/aromatic N) is 1. The van der Waals surface area contributed by atoms with Crippen LogP contribution in [0, 0.1) is 0 Å². The summed E-state index contributed by atoms with van der Waals surface area (Å²) in [6, 6.07) is 21.2. The van der Waals surface area contributed by atoms with Crippen LogP contribution in [0.15, 0.2) is 72.1 Å². The molecular formula is C26H32N2O2S. The van der Waals surface area contributed by atoms with Crippen LogP contribution in [-0.2, 0) is 6.42 Å². The molecule has 5 heteroatoms. The van der Waals surface area contributed by atoms with E-state index in [9.17, 15) is 9.90 Å². The molecule has 0 saturated carbocycles. The molecule has 0 saturated heterocycles. The van der Waals surface area contributed by atoms with Crippen molar-refractivity contribution in [1.29, 1.82) is 0 Å². The Morgan fingerprint density at radius 2 is 1.77 bits per heavy atom.